The minimum atomic E-state index is -0.489. The van der Waals surface area contributed by atoms with Crippen LogP contribution in [0.15, 0.2) is 30.6 Å². The van der Waals surface area contributed by atoms with Crippen LogP contribution < -0.4 is 0 Å². The van der Waals surface area contributed by atoms with Gasteiger partial charge in [0, 0.05) is 11.8 Å². The van der Waals surface area contributed by atoms with Crippen LogP contribution in [0.25, 0.3) is 5.52 Å². The monoisotopic (exact) mass is 204 g/mol. The molecule has 1 unspecified atom stereocenters. The summed E-state index contributed by atoms with van der Waals surface area (Å²) in [4.78, 5) is 0. The fourth-order valence-electron chi connectivity index (χ4n) is 1.63. The van der Waals surface area contributed by atoms with Crippen LogP contribution in [0.3, 0.4) is 0 Å². The second-order valence-electron chi connectivity index (χ2n) is 4.90. The van der Waals surface area contributed by atoms with Gasteiger partial charge in [0.25, 0.3) is 0 Å². The van der Waals surface area contributed by atoms with Gasteiger partial charge in [-0.15, -0.1) is 0 Å². The fourth-order valence-corrected chi connectivity index (χ4v) is 1.63. The van der Waals surface area contributed by atoms with Crippen LogP contribution in [-0.4, -0.2) is 14.7 Å². The van der Waals surface area contributed by atoms with Gasteiger partial charge in [-0.1, -0.05) is 26.8 Å². The Hall–Kier alpha value is -1.35. The van der Waals surface area contributed by atoms with Crippen molar-refractivity contribution in [3.63, 3.8) is 0 Å². The maximum atomic E-state index is 10.2. The molecule has 0 aliphatic heterocycles. The van der Waals surface area contributed by atoms with E-state index in [-0.39, 0.29) is 5.41 Å². The summed E-state index contributed by atoms with van der Waals surface area (Å²) in [7, 11) is 0. The van der Waals surface area contributed by atoms with Gasteiger partial charge in [-0.3, -0.25) is 0 Å². The standard InChI is InChI=1S/C12H16N2O/c1-12(2,3)11(15)9-8-13-14-7-5-4-6-10(9)14/h4-8,11,15H,1-3H3. The van der Waals surface area contributed by atoms with E-state index >= 15 is 0 Å². The van der Waals surface area contributed by atoms with Crippen LogP contribution in [0.5, 0.6) is 0 Å². The van der Waals surface area contributed by atoms with E-state index in [1.165, 1.54) is 0 Å². The van der Waals surface area contributed by atoms with Gasteiger partial charge in [0.2, 0.25) is 0 Å². The molecule has 0 bridgehead atoms. The largest absolute Gasteiger partial charge is 0.388 e. The van der Waals surface area contributed by atoms with Gasteiger partial charge in [0.1, 0.15) is 0 Å². The summed E-state index contributed by atoms with van der Waals surface area (Å²) in [6.07, 6.45) is 3.14. The minimum Gasteiger partial charge on any atom is -0.388 e. The highest BCUT2D eigenvalue weighted by molar-refractivity contribution is 5.54. The summed E-state index contributed by atoms with van der Waals surface area (Å²) >= 11 is 0. The van der Waals surface area contributed by atoms with Crippen molar-refractivity contribution in [1.29, 1.82) is 0 Å². The van der Waals surface area contributed by atoms with Crippen molar-refractivity contribution >= 4 is 5.52 Å². The van der Waals surface area contributed by atoms with Gasteiger partial charge in [-0.05, 0) is 17.5 Å². The zero-order valence-corrected chi connectivity index (χ0v) is 9.31. The van der Waals surface area contributed by atoms with Crippen LogP contribution in [0.4, 0.5) is 0 Å². The Morgan fingerprint density at radius 3 is 2.73 bits per heavy atom. The number of rotatable bonds is 1. The third-order valence-corrected chi connectivity index (χ3v) is 2.57. The van der Waals surface area contributed by atoms with Crippen LogP contribution in [-0.2, 0) is 0 Å². The molecule has 0 saturated carbocycles. The lowest BCUT2D eigenvalue weighted by Gasteiger charge is -2.25. The smallest absolute Gasteiger partial charge is 0.0874 e. The van der Waals surface area contributed by atoms with Crippen molar-refractivity contribution in [3.8, 4) is 0 Å². The lowest BCUT2D eigenvalue weighted by Crippen LogP contribution is -2.17. The normalized spacial score (nSPS) is 14.4. The molecule has 0 aromatic carbocycles. The molecule has 0 radical (unpaired) electrons. The zero-order valence-electron chi connectivity index (χ0n) is 9.31. The molecule has 80 valence electrons. The Labute approximate surface area is 89.4 Å². The molecule has 1 N–H and O–H groups in total. The molecule has 3 nitrogen and oxygen atoms in total. The minimum absolute atomic E-state index is 0.167. The Balaban J connectivity index is 2.53. The lowest BCUT2D eigenvalue weighted by atomic mass is 9.85. The van der Waals surface area contributed by atoms with E-state index in [2.05, 4.69) is 5.10 Å². The molecule has 0 aliphatic carbocycles. The molecule has 0 saturated heterocycles. The first-order valence-electron chi connectivity index (χ1n) is 5.10. The number of hydrogen-bond acceptors (Lipinski definition) is 2. The highest BCUT2D eigenvalue weighted by Crippen LogP contribution is 2.34. The predicted octanol–water partition coefficient (Wildman–Crippen LogP) is 2.41. The Morgan fingerprint density at radius 2 is 2.07 bits per heavy atom. The highest BCUT2D eigenvalue weighted by atomic mass is 16.3. The molecule has 2 aromatic heterocycles. The van der Waals surface area contributed by atoms with Crippen molar-refractivity contribution in [2.45, 2.75) is 26.9 Å². The van der Waals surface area contributed by atoms with Gasteiger partial charge >= 0.3 is 0 Å². The van der Waals surface area contributed by atoms with Crippen molar-refractivity contribution in [2.75, 3.05) is 0 Å². The van der Waals surface area contributed by atoms with Crippen molar-refractivity contribution in [2.24, 2.45) is 5.41 Å². The Kier molecular flexibility index (Phi) is 2.27. The van der Waals surface area contributed by atoms with Gasteiger partial charge in [-0.2, -0.15) is 5.10 Å². The molecule has 0 aliphatic rings. The Bertz CT molecular complexity index is 468. The molecular formula is C12H16N2O. The maximum Gasteiger partial charge on any atom is 0.0874 e. The van der Waals surface area contributed by atoms with Crippen LogP contribution in [0.2, 0.25) is 0 Å². The number of aliphatic hydroxyl groups excluding tert-OH is 1. The molecular weight excluding hydrogens is 188 g/mol. The first kappa shape index (κ1) is 10.2. The van der Waals surface area contributed by atoms with E-state index in [0.717, 1.165) is 11.1 Å². The molecule has 2 rings (SSSR count). The average Bonchev–Trinajstić information content (AvgIpc) is 2.58. The van der Waals surface area contributed by atoms with Crippen molar-refractivity contribution < 1.29 is 5.11 Å². The molecule has 2 heterocycles. The maximum absolute atomic E-state index is 10.2. The van der Waals surface area contributed by atoms with Gasteiger partial charge in [0.15, 0.2) is 0 Å². The quantitative estimate of drug-likeness (QED) is 0.774. The van der Waals surface area contributed by atoms with E-state index in [4.69, 9.17) is 0 Å². The molecule has 1 atom stereocenters. The van der Waals surface area contributed by atoms with Gasteiger partial charge in [0.05, 0.1) is 17.8 Å². The van der Waals surface area contributed by atoms with E-state index in [1.54, 1.807) is 10.7 Å². The topological polar surface area (TPSA) is 37.5 Å². The van der Waals surface area contributed by atoms with Crippen molar-refractivity contribution in [3.05, 3.63) is 36.2 Å². The van der Waals surface area contributed by atoms with Crippen LogP contribution in [0.1, 0.15) is 32.4 Å². The van der Waals surface area contributed by atoms with E-state index in [1.807, 2.05) is 45.2 Å². The number of pyridine rings is 1. The molecule has 0 fully saturated rings. The summed E-state index contributed by atoms with van der Waals surface area (Å²) in [6.45, 7) is 6.05. The second kappa shape index (κ2) is 3.35. The van der Waals surface area contributed by atoms with Crippen molar-refractivity contribution in [1.82, 2.24) is 9.61 Å². The zero-order chi connectivity index (χ0) is 11.1. The number of nitrogens with zero attached hydrogens (tertiary/aromatic N) is 2. The third-order valence-electron chi connectivity index (χ3n) is 2.57. The summed E-state index contributed by atoms with van der Waals surface area (Å²) in [5.41, 5.74) is 1.70. The molecule has 3 heteroatoms. The first-order chi connectivity index (χ1) is 7.00. The highest BCUT2D eigenvalue weighted by Gasteiger charge is 2.26. The first-order valence-corrected chi connectivity index (χ1v) is 5.10. The molecule has 15 heavy (non-hydrogen) atoms. The molecule has 0 spiro atoms. The lowest BCUT2D eigenvalue weighted by molar-refractivity contribution is 0.0639. The van der Waals surface area contributed by atoms with Gasteiger partial charge in [-0.25, -0.2) is 4.52 Å². The number of fused-ring (bicyclic) bond motifs is 1. The van der Waals surface area contributed by atoms with Crippen LogP contribution >= 0.6 is 0 Å². The summed E-state index contributed by atoms with van der Waals surface area (Å²) < 4.78 is 1.78. The Morgan fingerprint density at radius 1 is 1.33 bits per heavy atom. The SMILES string of the molecule is CC(C)(C)C(O)c1cnn2ccccc12. The average molecular weight is 204 g/mol. The summed E-state index contributed by atoms with van der Waals surface area (Å²) in [6, 6.07) is 5.85. The third kappa shape index (κ3) is 1.75. The number of aliphatic hydroxyl groups is 1. The van der Waals surface area contributed by atoms with Gasteiger partial charge < -0.3 is 5.11 Å². The van der Waals surface area contributed by atoms with E-state index in [0.29, 0.717) is 0 Å². The van der Waals surface area contributed by atoms with Crippen LogP contribution in [0, 0.1) is 5.41 Å². The summed E-state index contributed by atoms with van der Waals surface area (Å²) in [5.74, 6) is 0. The number of aromatic nitrogens is 2. The molecule has 0 amide bonds. The number of hydrogen-bond donors (Lipinski definition) is 1. The molecule has 2 aromatic rings. The van der Waals surface area contributed by atoms with E-state index in [9.17, 15) is 5.11 Å². The fraction of sp³-hybridized carbons (Fsp3) is 0.417. The predicted molar refractivity (Wildman–Crippen MR) is 59.6 cm³/mol. The van der Waals surface area contributed by atoms with E-state index < -0.39 is 6.10 Å². The summed E-state index contributed by atoms with van der Waals surface area (Å²) in [5, 5.41) is 14.4. The second-order valence-corrected chi connectivity index (χ2v) is 4.90.